The number of aromatic nitrogens is 2. The second-order valence-corrected chi connectivity index (χ2v) is 8.57. The first kappa shape index (κ1) is 15.5. The quantitative estimate of drug-likeness (QED) is 0.909. The van der Waals surface area contributed by atoms with E-state index in [1.54, 1.807) is 17.5 Å². The van der Waals surface area contributed by atoms with Crippen molar-refractivity contribution in [3.05, 3.63) is 18.3 Å². The van der Waals surface area contributed by atoms with E-state index in [0.717, 1.165) is 60.7 Å². The Bertz CT molecular complexity index is 780. The number of carbonyl (C=O) groups excluding carboxylic acids is 1. The highest BCUT2D eigenvalue weighted by molar-refractivity contribution is 7.21. The number of hydrogen-bond acceptors (Lipinski definition) is 6. The number of rotatable bonds is 3. The van der Waals surface area contributed by atoms with E-state index in [4.69, 9.17) is 4.98 Å². The molecule has 25 heavy (non-hydrogen) atoms. The molecule has 3 saturated heterocycles. The van der Waals surface area contributed by atoms with Crippen LogP contribution < -0.4 is 4.90 Å². The minimum Gasteiger partial charge on any atom is -0.395 e. The molecule has 6 nitrogen and oxygen atoms in total. The zero-order valence-electron chi connectivity index (χ0n) is 14.1. The highest BCUT2D eigenvalue weighted by atomic mass is 32.1. The predicted octanol–water partition coefficient (Wildman–Crippen LogP) is 2.03. The van der Waals surface area contributed by atoms with Crippen molar-refractivity contribution >= 4 is 32.7 Å². The molecule has 1 saturated carbocycles. The van der Waals surface area contributed by atoms with Gasteiger partial charge in [-0.25, -0.2) is 9.97 Å². The average Bonchev–Trinajstić information content (AvgIpc) is 3.05. The summed E-state index contributed by atoms with van der Waals surface area (Å²) < 4.78 is 0. The van der Waals surface area contributed by atoms with Gasteiger partial charge in [0.1, 0.15) is 10.3 Å². The molecule has 132 valence electrons. The summed E-state index contributed by atoms with van der Waals surface area (Å²) in [5.74, 6) is 0.182. The van der Waals surface area contributed by atoms with E-state index >= 15 is 0 Å². The highest BCUT2D eigenvalue weighted by Gasteiger charge is 2.50. The first-order chi connectivity index (χ1) is 12.2. The van der Waals surface area contributed by atoms with E-state index in [9.17, 15) is 9.90 Å². The van der Waals surface area contributed by atoms with Crippen molar-refractivity contribution in [2.45, 2.75) is 44.2 Å². The molecule has 0 spiro atoms. The number of aliphatic hydroxyl groups excluding tert-OH is 1. The number of carbonyl (C=O) groups is 1. The van der Waals surface area contributed by atoms with Gasteiger partial charge in [-0.05, 0) is 37.8 Å². The van der Waals surface area contributed by atoms with Crippen molar-refractivity contribution in [3.8, 4) is 0 Å². The van der Waals surface area contributed by atoms with Crippen LogP contribution >= 0.6 is 11.3 Å². The van der Waals surface area contributed by atoms with Crippen LogP contribution in [0.5, 0.6) is 0 Å². The number of aliphatic hydroxyl groups is 1. The summed E-state index contributed by atoms with van der Waals surface area (Å²) in [6.07, 6.45) is 6.69. The van der Waals surface area contributed by atoms with Crippen molar-refractivity contribution in [3.63, 3.8) is 0 Å². The van der Waals surface area contributed by atoms with Crippen molar-refractivity contribution in [2.75, 3.05) is 24.6 Å². The maximum atomic E-state index is 13.0. The molecule has 2 unspecified atom stereocenters. The first-order valence-corrected chi connectivity index (χ1v) is 9.92. The predicted molar refractivity (Wildman–Crippen MR) is 96.7 cm³/mol. The Morgan fingerprint density at radius 1 is 1.32 bits per heavy atom. The molecule has 3 aliphatic heterocycles. The summed E-state index contributed by atoms with van der Waals surface area (Å²) in [5.41, 5.74) is 0.466. The number of piperazine rings is 1. The lowest BCUT2D eigenvalue weighted by molar-refractivity contribution is -0.156. The molecular formula is C18H22N4O2S. The zero-order valence-corrected chi connectivity index (χ0v) is 14.9. The van der Waals surface area contributed by atoms with Crippen molar-refractivity contribution in [1.29, 1.82) is 0 Å². The molecule has 0 aromatic carbocycles. The third-order valence-electron chi connectivity index (χ3n) is 6.26. The Morgan fingerprint density at radius 2 is 2.16 bits per heavy atom. The molecule has 5 heterocycles. The molecule has 6 rings (SSSR count). The Labute approximate surface area is 150 Å². The molecule has 4 fully saturated rings. The summed E-state index contributed by atoms with van der Waals surface area (Å²) in [7, 11) is 0. The molecule has 1 amide bonds. The molecule has 2 atom stereocenters. The van der Waals surface area contributed by atoms with Crippen LogP contribution in [0.15, 0.2) is 18.3 Å². The van der Waals surface area contributed by atoms with Gasteiger partial charge in [-0.15, -0.1) is 0 Å². The van der Waals surface area contributed by atoms with E-state index in [-0.39, 0.29) is 18.6 Å². The number of piperidine rings is 2. The lowest BCUT2D eigenvalue weighted by Crippen LogP contribution is -2.67. The monoisotopic (exact) mass is 358 g/mol. The van der Waals surface area contributed by atoms with Gasteiger partial charge in [0.05, 0.1) is 12.0 Å². The van der Waals surface area contributed by atoms with E-state index in [1.165, 1.54) is 0 Å². The van der Waals surface area contributed by atoms with E-state index in [0.29, 0.717) is 6.04 Å². The normalized spacial score (nSPS) is 27.6. The maximum Gasteiger partial charge on any atom is 0.231 e. The largest absolute Gasteiger partial charge is 0.395 e. The number of amides is 1. The van der Waals surface area contributed by atoms with Gasteiger partial charge in [-0.3, -0.25) is 4.79 Å². The summed E-state index contributed by atoms with van der Waals surface area (Å²) in [4.78, 5) is 27.6. The van der Waals surface area contributed by atoms with Gasteiger partial charge in [0.2, 0.25) is 5.91 Å². The SMILES string of the molecule is O=C(N1CC2CCC1CN2c1nc2cccnc2s1)C1(CO)CCC1. The topological polar surface area (TPSA) is 69.6 Å². The van der Waals surface area contributed by atoms with Crippen molar-refractivity contribution in [1.82, 2.24) is 14.9 Å². The molecule has 2 aromatic rings. The summed E-state index contributed by atoms with van der Waals surface area (Å²) in [6.45, 7) is 1.60. The van der Waals surface area contributed by atoms with Crippen LogP contribution in [0.3, 0.4) is 0 Å². The van der Waals surface area contributed by atoms with Crippen LogP contribution in [0.25, 0.3) is 10.3 Å². The summed E-state index contributed by atoms with van der Waals surface area (Å²) in [6, 6.07) is 4.48. The fraction of sp³-hybridized carbons (Fsp3) is 0.611. The van der Waals surface area contributed by atoms with Gasteiger partial charge in [0.25, 0.3) is 0 Å². The Balaban J connectivity index is 1.39. The molecule has 2 bridgehead atoms. The molecule has 2 aromatic heterocycles. The number of hydrogen-bond donors (Lipinski definition) is 1. The fourth-order valence-corrected chi connectivity index (χ4v) is 5.53. The summed E-state index contributed by atoms with van der Waals surface area (Å²) in [5, 5.41) is 10.8. The Kier molecular flexibility index (Phi) is 3.50. The van der Waals surface area contributed by atoms with Crippen molar-refractivity contribution in [2.24, 2.45) is 5.41 Å². The van der Waals surface area contributed by atoms with Crippen LogP contribution in [-0.4, -0.2) is 57.7 Å². The lowest BCUT2D eigenvalue weighted by Gasteiger charge is -2.54. The number of nitrogens with zero attached hydrogens (tertiary/aromatic N) is 4. The van der Waals surface area contributed by atoms with Gasteiger partial charge in [-0.2, -0.15) is 0 Å². The van der Waals surface area contributed by atoms with Crippen molar-refractivity contribution < 1.29 is 9.90 Å². The second kappa shape index (κ2) is 5.64. The second-order valence-electron chi connectivity index (χ2n) is 7.61. The zero-order chi connectivity index (χ0) is 17.0. The van der Waals surface area contributed by atoms with Gasteiger partial charge in [-0.1, -0.05) is 17.8 Å². The minimum absolute atomic E-state index is 0.00697. The van der Waals surface area contributed by atoms with E-state index < -0.39 is 5.41 Å². The lowest BCUT2D eigenvalue weighted by atomic mass is 9.67. The van der Waals surface area contributed by atoms with Gasteiger partial charge in [0.15, 0.2) is 5.13 Å². The van der Waals surface area contributed by atoms with Gasteiger partial charge in [0, 0.05) is 31.4 Å². The minimum atomic E-state index is -0.484. The Hall–Kier alpha value is -1.73. The number of pyridine rings is 1. The molecule has 1 N–H and O–H groups in total. The van der Waals surface area contributed by atoms with Crippen LogP contribution in [0, 0.1) is 5.41 Å². The first-order valence-electron chi connectivity index (χ1n) is 9.10. The van der Waals surface area contributed by atoms with Crippen LogP contribution in [0.1, 0.15) is 32.1 Å². The third-order valence-corrected chi connectivity index (χ3v) is 7.27. The smallest absolute Gasteiger partial charge is 0.231 e. The van der Waals surface area contributed by atoms with Gasteiger partial charge >= 0.3 is 0 Å². The Morgan fingerprint density at radius 3 is 2.80 bits per heavy atom. The maximum absolute atomic E-state index is 13.0. The standard InChI is InChI=1S/C18H22N4O2S/c23-11-18(6-2-7-18)16(24)21-9-13-5-4-12(21)10-22(13)17-20-14-3-1-8-19-15(14)25-17/h1,3,8,12-13,23H,2,4-7,9-11H2. The van der Waals surface area contributed by atoms with Crippen LogP contribution in [-0.2, 0) is 4.79 Å². The van der Waals surface area contributed by atoms with Crippen LogP contribution in [0.4, 0.5) is 5.13 Å². The van der Waals surface area contributed by atoms with Crippen LogP contribution in [0.2, 0.25) is 0 Å². The molecule has 0 radical (unpaired) electrons. The van der Waals surface area contributed by atoms with E-state index in [1.807, 2.05) is 12.1 Å². The summed E-state index contributed by atoms with van der Waals surface area (Å²) >= 11 is 1.64. The number of anilines is 1. The number of fused-ring (bicyclic) bond motifs is 4. The highest BCUT2D eigenvalue weighted by Crippen LogP contribution is 2.45. The average molecular weight is 358 g/mol. The van der Waals surface area contributed by atoms with E-state index in [2.05, 4.69) is 14.8 Å². The number of thiazole rings is 1. The third kappa shape index (κ3) is 2.29. The molecule has 7 heteroatoms. The van der Waals surface area contributed by atoms with Gasteiger partial charge < -0.3 is 14.9 Å². The molecule has 4 aliphatic rings. The fourth-order valence-electron chi connectivity index (χ4n) is 4.54. The molecule has 1 aliphatic carbocycles. The molecular weight excluding hydrogens is 336 g/mol.